The molecule has 1 aliphatic rings. The van der Waals surface area contributed by atoms with E-state index in [9.17, 15) is 24.3 Å². The monoisotopic (exact) mass is 473 g/mol. The average Bonchev–Trinajstić information content (AvgIpc) is 3.28. The van der Waals surface area contributed by atoms with Gasteiger partial charge in [-0.15, -0.1) is 0 Å². The van der Waals surface area contributed by atoms with Crippen LogP contribution in [0.3, 0.4) is 0 Å². The summed E-state index contributed by atoms with van der Waals surface area (Å²) in [6.45, 7) is 4.86. The van der Waals surface area contributed by atoms with Gasteiger partial charge >= 0.3 is 5.97 Å². The summed E-state index contributed by atoms with van der Waals surface area (Å²) in [7, 11) is 0. The van der Waals surface area contributed by atoms with Crippen molar-refractivity contribution in [3.8, 4) is 0 Å². The van der Waals surface area contributed by atoms with Gasteiger partial charge in [-0.25, -0.2) is 4.79 Å². The van der Waals surface area contributed by atoms with Crippen molar-refractivity contribution in [2.45, 2.75) is 76.5 Å². The van der Waals surface area contributed by atoms with E-state index >= 15 is 0 Å². The Kier molecular flexibility index (Phi) is 13.3. The van der Waals surface area contributed by atoms with Gasteiger partial charge in [-0.2, -0.15) is 11.8 Å². The van der Waals surface area contributed by atoms with Crippen molar-refractivity contribution in [1.82, 2.24) is 21.3 Å². The number of unbranched alkanes of at least 4 members (excludes halogenated alkanes) is 1. The minimum Gasteiger partial charge on any atom is -0.480 e. The van der Waals surface area contributed by atoms with E-state index in [1.165, 1.54) is 11.8 Å². The summed E-state index contributed by atoms with van der Waals surface area (Å²) < 4.78 is 0. The zero-order valence-corrected chi connectivity index (χ0v) is 20.1. The number of carboxylic acids is 1. The van der Waals surface area contributed by atoms with Crippen LogP contribution in [0.25, 0.3) is 0 Å². The second kappa shape index (κ2) is 15.1. The van der Waals surface area contributed by atoms with Crippen molar-refractivity contribution in [3.05, 3.63) is 0 Å². The maximum absolute atomic E-state index is 13.0. The molecular formula is C21H39N5O5S. The number of rotatable bonds is 15. The van der Waals surface area contributed by atoms with Gasteiger partial charge in [0.05, 0.1) is 6.04 Å². The van der Waals surface area contributed by atoms with Crippen LogP contribution in [0.15, 0.2) is 0 Å². The standard InChI is InChI=1S/C21H39N5O5S/c1-13(2)17(26-18(27)14-8-6-11-23-14)20(29)24-15(9-12-32-3)19(28)25-16(21(30)31)7-4-5-10-22/h13-17,23H,4-12,22H2,1-3H3,(H,24,29)(H,25,28)(H,26,27)(H,30,31). The number of nitrogens with two attached hydrogens (primary N) is 1. The number of nitrogens with one attached hydrogen (secondary N) is 4. The molecule has 1 rings (SSSR count). The van der Waals surface area contributed by atoms with Crippen LogP contribution in [0.4, 0.5) is 0 Å². The molecule has 1 fully saturated rings. The first-order chi connectivity index (χ1) is 15.2. The second-order valence-electron chi connectivity index (χ2n) is 8.41. The molecule has 0 spiro atoms. The van der Waals surface area contributed by atoms with E-state index in [-0.39, 0.29) is 24.3 Å². The molecule has 7 N–H and O–H groups in total. The molecule has 184 valence electrons. The largest absolute Gasteiger partial charge is 0.480 e. The van der Waals surface area contributed by atoms with Gasteiger partial charge in [0.1, 0.15) is 18.1 Å². The molecule has 11 heteroatoms. The van der Waals surface area contributed by atoms with Crippen LogP contribution in [0.1, 0.15) is 52.4 Å². The van der Waals surface area contributed by atoms with Crippen LogP contribution in [0, 0.1) is 5.92 Å². The van der Waals surface area contributed by atoms with Gasteiger partial charge in [-0.3, -0.25) is 14.4 Å². The fourth-order valence-electron chi connectivity index (χ4n) is 3.49. The highest BCUT2D eigenvalue weighted by Gasteiger charge is 2.32. The number of thioether (sulfide) groups is 1. The van der Waals surface area contributed by atoms with Crippen molar-refractivity contribution in [2.24, 2.45) is 11.7 Å². The van der Waals surface area contributed by atoms with Gasteiger partial charge in [-0.1, -0.05) is 13.8 Å². The first-order valence-electron chi connectivity index (χ1n) is 11.3. The highest BCUT2D eigenvalue weighted by molar-refractivity contribution is 7.98. The number of amides is 3. The van der Waals surface area contributed by atoms with Crippen molar-refractivity contribution in [1.29, 1.82) is 0 Å². The zero-order chi connectivity index (χ0) is 24.1. The van der Waals surface area contributed by atoms with Crippen molar-refractivity contribution >= 4 is 35.5 Å². The summed E-state index contributed by atoms with van der Waals surface area (Å²) in [5.74, 6) is -1.93. The van der Waals surface area contributed by atoms with Gasteiger partial charge in [0.2, 0.25) is 17.7 Å². The lowest BCUT2D eigenvalue weighted by Gasteiger charge is -2.27. The van der Waals surface area contributed by atoms with Gasteiger partial charge in [0.25, 0.3) is 0 Å². The van der Waals surface area contributed by atoms with E-state index in [1.807, 2.05) is 20.1 Å². The molecule has 0 aromatic heterocycles. The van der Waals surface area contributed by atoms with Crippen LogP contribution in [-0.4, -0.2) is 78.1 Å². The third-order valence-corrected chi connectivity index (χ3v) is 6.07. The normalized spacial score (nSPS) is 18.6. The molecule has 3 amide bonds. The van der Waals surface area contributed by atoms with Crippen LogP contribution >= 0.6 is 11.8 Å². The maximum Gasteiger partial charge on any atom is 0.326 e. The minimum absolute atomic E-state index is 0.187. The number of aliphatic carboxylic acids is 1. The Morgan fingerprint density at radius 3 is 2.28 bits per heavy atom. The molecule has 0 radical (unpaired) electrons. The Hall–Kier alpha value is -1.85. The highest BCUT2D eigenvalue weighted by Crippen LogP contribution is 2.10. The lowest BCUT2D eigenvalue weighted by Crippen LogP contribution is -2.58. The SMILES string of the molecule is CSCCC(NC(=O)C(NC(=O)C1CCCN1)C(C)C)C(=O)NC(CCCCN)C(=O)O. The van der Waals surface area contributed by atoms with Crippen LogP contribution in [0.2, 0.25) is 0 Å². The van der Waals surface area contributed by atoms with E-state index < -0.39 is 35.9 Å². The Morgan fingerprint density at radius 1 is 1.06 bits per heavy atom. The molecule has 4 unspecified atom stereocenters. The van der Waals surface area contributed by atoms with Gasteiger partial charge in [-0.05, 0) is 69.5 Å². The van der Waals surface area contributed by atoms with E-state index in [1.54, 1.807) is 0 Å². The summed E-state index contributed by atoms with van der Waals surface area (Å²) in [4.78, 5) is 49.8. The number of carbonyl (C=O) groups excluding carboxylic acids is 3. The number of carboxylic acid groups (broad SMARTS) is 1. The molecule has 0 saturated carbocycles. The quantitative estimate of drug-likeness (QED) is 0.178. The number of hydrogen-bond donors (Lipinski definition) is 6. The minimum atomic E-state index is -1.12. The Morgan fingerprint density at radius 2 is 1.75 bits per heavy atom. The lowest BCUT2D eigenvalue weighted by atomic mass is 10.0. The molecule has 32 heavy (non-hydrogen) atoms. The molecule has 0 aromatic carbocycles. The summed E-state index contributed by atoms with van der Waals surface area (Å²) in [6.07, 6.45) is 5.36. The molecule has 0 bridgehead atoms. The Balaban J connectivity index is 2.82. The first kappa shape index (κ1) is 28.2. The van der Waals surface area contributed by atoms with Crippen LogP contribution in [-0.2, 0) is 19.2 Å². The second-order valence-corrected chi connectivity index (χ2v) is 9.39. The van der Waals surface area contributed by atoms with E-state index in [0.717, 1.165) is 19.4 Å². The predicted molar refractivity (Wildman–Crippen MR) is 125 cm³/mol. The van der Waals surface area contributed by atoms with Crippen molar-refractivity contribution in [3.63, 3.8) is 0 Å². The van der Waals surface area contributed by atoms with Crippen LogP contribution in [0.5, 0.6) is 0 Å². The van der Waals surface area contributed by atoms with E-state index in [2.05, 4.69) is 21.3 Å². The summed E-state index contributed by atoms with van der Waals surface area (Å²) >= 11 is 1.52. The molecule has 10 nitrogen and oxygen atoms in total. The topological polar surface area (TPSA) is 163 Å². The van der Waals surface area contributed by atoms with E-state index in [0.29, 0.717) is 31.6 Å². The maximum atomic E-state index is 13.0. The highest BCUT2D eigenvalue weighted by atomic mass is 32.2. The number of hydrogen-bond acceptors (Lipinski definition) is 7. The van der Waals surface area contributed by atoms with Gasteiger partial charge in [0, 0.05) is 0 Å². The molecular weight excluding hydrogens is 434 g/mol. The fourth-order valence-corrected chi connectivity index (χ4v) is 3.96. The van der Waals surface area contributed by atoms with Gasteiger partial charge in [0.15, 0.2) is 0 Å². The average molecular weight is 474 g/mol. The summed E-state index contributed by atoms with van der Waals surface area (Å²) in [6, 6.07) is -3.05. The summed E-state index contributed by atoms with van der Waals surface area (Å²) in [5.41, 5.74) is 5.46. The Labute approximate surface area is 194 Å². The van der Waals surface area contributed by atoms with Crippen molar-refractivity contribution < 1.29 is 24.3 Å². The zero-order valence-electron chi connectivity index (χ0n) is 19.3. The summed E-state index contributed by atoms with van der Waals surface area (Å²) in [5, 5.41) is 20.6. The molecule has 0 aliphatic carbocycles. The fraction of sp³-hybridized carbons (Fsp3) is 0.810. The van der Waals surface area contributed by atoms with E-state index in [4.69, 9.17) is 5.73 Å². The third kappa shape index (κ3) is 9.74. The molecule has 1 aliphatic heterocycles. The number of carbonyl (C=O) groups is 4. The smallest absolute Gasteiger partial charge is 0.326 e. The lowest BCUT2D eigenvalue weighted by molar-refractivity contribution is -0.142. The molecule has 4 atom stereocenters. The third-order valence-electron chi connectivity index (χ3n) is 5.43. The first-order valence-corrected chi connectivity index (χ1v) is 12.7. The molecule has 0 aromatic rings. The predicted octanol–water partition coefficient (Wildman–Crippen LogP) is -0.184. The Bertz CT molecular complexity index is 628. The molecule has 1 saturated heterocycles. The molecule has 1 heterocycles. The van der Waals surface area contributed by atoms with Gasteiger partial charge < -0.3 is 32.1 Å². The van der Waals surface area contributed by atoms with Crippen LogP contribution < -0.4 is 27.0 Å². The van der Waals surface area contributed by atoms with Crippen molar-refractivity contribution in [2.75, 3.05) is 25.1 Å².